The highest BCUT2D eigenvalue weighted by Crippen LogP contribution is 2.32. The molecule has 0 spiro atoms. The van der Waals surface area contributed by atoms with Crippen LogP contribution in [0.1, 0.15) is 39.6 Å². The van der Waals surface area contributed by atoms with Crippen LogP contribution >= 0.6 is 0 Å². The topological polar surface area (TPSA) is 121 Å². The van der Waals surface area contributed by atoms with E-state index in [1.165, 1.54) is 12.7 Å². The molecule has 9 nitrogen and oxygen atoms in total. The molecule has 12 heteroatoms. The van der Waals surface area contributed by atoms with Gasteiger partial charge in [0.2, 0.25) is 0 Å². The molecular formula is C26H29F3N8O. The number of carbonyl (C=O) groups excluding carboxylic acids is 1. The zero-order valence-electron chi connectivity index (χ0n) is 20.6. The van der Waals surface area contributed by atoms with E-state index in [1.807, 2.05) is 26.8 Å². The summed E-state index contributed by atoms with van der Waals surface area (Å²) in [7, 11) is 0. The van der Waals surface area contributed by atoms with Gasteiger partial charge in [-0.25, -0.2) is 19.9 Å². The van der Waals surface area contributed by atoms with Crippen molar-refractivity contribution in [2.75, 3.05) is 10.6 Å². The Kier molecular flexibility index (Phi) is 7.61. The van der Waals surface area contributed by atoms with Crippen LogP contribution in [-0.2, 0) is 6.18 Å². The quantitative estimate of drug-likeness (QED) is 0.228. The van der Waals surface area contributed by atoms with Gasteiger partial charge in [0.15, 0.2) is 5.65 Å². The lowest BCUT2D eigenvalue weighted by molar-refractivity contribution is -0.137. The molecule has 0 saturated carbocycles. The van der Waals surface area contributed by atoms with E-state index in [0.29, 0.717) is 45.8 Å². The van der Waals surface area contributed by atoms with Crippen molar-refractivity contribution < 1.29 is 22.2 Å². The van der Waals surface area contributed by atoms with Gasteiger partial charge in [0, 0.05) is 39.8 Å². The molecule has 0 radical (unpaired) electrons. The molecule has 5 rings (SSSR count). The van der Waals surface area contributed by atoms with Crippen molar-refractivity contribution in [2.45, 2.75) is 26.9 Å². The number of aryl methyl sites for hydroxylation is 1. The van der Waals surface area contributed by atoms with Crippen molar-refractivity contribution >= 4 is 34.3 Å². The molecule has 200 valence electrons. The Labute approximate surface area is 220 Å². The molecule has 0 atom stereocenters. The highest BCUT2D eigenvalue weighted by molar-refractivity contribution is 6.04. The SMILES string of the molecule is CC.Cc1ccc(NC(=O)c2cncc(C(F)(F)F)c2)cc1Nc1ncccc1-c1ncnc2nc[nH]c12.[HH].[HH].[HH]. The summed E-state index contributed by atoms with van der Waals surface area (Å²) in [6.45, 7) is 5.87. The molecule has 0 aliphatic heterocycles. The maximum absolute atomic E-state index is 13.0. The fourth-order valence-electron chi connectivity index (χ4n) is 3.55. The Balaban J connectivity index is 0.00000165. The predicted molar refractivity (Wildman–Crippen MR) is 144 cm³/mol. The molecule has 0 bridgehead atoms. The van der Waals surface area contributed by atoms with Crippen LogP contribution in [0.25, 0.3) is 22.4 Å². The summed E-state index contributed by atoms with van der Waals surface area (Å²) in [5, 5.41) is 5.88. The van der Waals surface area contributed by atoms with Crippen LogP contribution < -0.4 is 10.6 Å². The normalized spacial score (nSPS) is 11.0. The molecule has 3 N–H and O–H groups in total. The van der Waals surface area contributed by atoms with Crippen LogP contribution in [-0.4, -0.2) is 35.8 Å². The number of benzene rings is 1. The van der Waals surface area contributed by atoms with Gasteiger partial charge in [0.05, 0.1) is 17.5 Å². The van der Waals surface area contributed by atoms with Gasteiger partial charge in [-0.1, -0.05) is 19.9 Å². The Hall–Kier alpha value is -4.87. The van der Waals surface area contributed by atoms with Gasteiger partial charge >= 0.3 is 6.18 Å². The molecule has 4 aromatic heterocycles. The Morgan fingerprint density at radius 2 is 1.84 bits per heavy atom. The van der Waals surface area contributed by atoms with Crippen molar-refractivity contribution in [3.8, 4) is 11.3 Å². The average molecular weight is 527 g/mol. The molecular weight excluding hydrogens is 497 g/mol. The monoisotopic (exact) mass is 526 g/mol. The summed E-state index contributed by atoms with van der Waals surface area (Å²) >= 11 is 0. The molecule has 4 heterocycles. The van der Waals surface area contributed by atoms with E-state index in [9.17, 15) is 18.0 Å². The first kappa shape index (κ1) is 26.2. The van der Waals surface area contributed by atoms with Gasteiger partial charge in [0.25, 0.3) is 5.91 Å². The second kappa shape index (κ2) is 11.0. The molecule has 0 unspecified atom stereocenters. The number of rotatable bonds is 5. The van der Waals surface area contributed by atoms with E-state index >= 15 is 0 Å². The first-order valence-electron chi connectivity index (χ1n) is 11.6. The fourth-order valence-corrected chi connectivity index (χ4v) is 3.55. The van der Waals surface area contributed by atoms with Crippen LogP contribution in [0.4, 0.5) is 30.4 Å². The third-order valence-electron chi connectivity index (χ3n) is 5.36. The van der Waals surface area contributed by atoms with E-state index in [1.54, 1.807) is 30.5 Å². The van der Waals surface area contributed by atoms with Crippen molar-refractivity contribution in [3.63, 3.8) is 0 Å². The average Bonchev–Trinajstić information content (AvgIpc) is 3.41. The van der Waals surface area contributed by atoms with Gasteiger partial charge in [0.1, 0.15) is 23.4 Å². The van der Waals surface area contributed by atoms with Crippen molar-refractivity contribution in [1.82, 2.24) is 29.9 Å². The lowest BCUT2D eigenvalue weighted by Crippen LogP contribution is -2.14. The minimum atomic E-state index is -4.60. The van der Waals surface area contributed by atoms with Crippen LogP contribution in [0, 0.1) is 6.92 Å². The summed E-state index contributed by atoms with van der Waals surface area (Å²) in [6.07, 6.45) is 1.72. The molecule has 1 amide bonds. The zero-order chi connectivity index (χ0) is 27.3. The van der Waals surface area contributed by atoms with E-state index in [0.717, 1.165) is 17.8 Å². The summed E-state index contributed by atoms with van der Waals surface area (Å²) in [5.41, 5.74) is 3.11. The van der Waals surface area contributed by atoms with Crippen molar-refractivity contribution in [3.05, 3.63) is 84.3 Å². The number of hydrogen-bond acceptors (Lipinski definition) is 7. The number of nitrogens with one attached hydrogen (secondary N) is 3. The molecule has 0 fully saturated rings. The molecule has 5 aromatic rings. The van der Waals surface area contributed by atoms with Gasteiger partial charge < -0.3 is 15.6 Å². The zero-order valence-corrected chi connectivity index (χ0v) is 20.6. The number of H-pyrrole nitrogens is 1. The third kappa shape index (κ3) is 5.59. The predicted octanol–water partition coefficient (Wildman–Crippen LogP) is 6.90. The maximum atomic E-state index is 13.0. The van der Waals surface area contributed by atoms with Crippen LogP contribution in [0.15, 0.2) is 67.6 Å². The van der Waals surface area contributed by atoms with E-state index < -0.39 is 17.6 Å². The van der Waals surface area contributed by atoms with Gasteiger partial charge in [-0.3, -0.25) is 9.78 Å². The molecule has 0 aliphatic rings. The number of anilines is 3. The summed E-state index contributed by atoms with van der Waals surface area (Å²) in [6, 6.07) is 9.46. The summed E-state index contributed by atoms with van der Waals surface area (Å²) in [4.78, 5) is 36.3. The largest absolute Gasteiger partial charge is 0.417 e. The van der Waals surface area contributed by atoms with Crippen LogP contribution in [0.2, 0.25) is 0 Å². The van der Waals surface area contributed by atoms with Gasteiger partial charge in [-0.05, 0) is 42.8 Å². The number of fused-ring (bicyclic) bond motifs is 1. The number of amides is 1. The number of imidazole rings is 1. The van der Waals surface area contributed by atoms with E-state index in [4.69, 9.17) is 0 Å². The number of carbonyl (C=O) groups is 1. The lowest BCUT2D eigenvalue weighted by atomic mass is 10.1. The van der Waals surface area contributed by atoms with E-state index in [-0.39, 0.29) is 9.84 Å². The van der Waals surface area contributed by atoms with E-state index in [2.05, 4.69) is 40.5 Å². The highest BCUT2D eigenvalue weighted by Gasteiger charge is 2.31. The Morgan fingerprint density at radius 1 is 1.03 bits per heavy atom. The maximum Gasteiger partial charge on any atom is 0.417 e. The van der Waals surface area contributed by atoms with Crippen LogP contribution in [0.5, 0.6) is 0 Å². The minimum Gasteiger partial charge on any atom is -0.341 e. The summed E-state index contributed by atoms with van der Waals surface area (Å²) < 4.78 is 39.0. The Morgan fingerprint density at radius 3 is 2.63 bits per heavy atom. The number of pyridine rings is 2. The Bertz CT molecular complexity index is 1600. The smallest absolute Gasteiger partial charge is 0.341 e. The number of aromatic nitrogens is 6. The van der Waals surface area contributed by atoms with Crippen molar-refractivity contribution in [1.29, 1.82) is 0 Å². The number of alkyl halides is 3. The molecule has 38 heavy (non-hydrogen) atoms. The first-order valence-corrected chi connectivity index (χ1v) is 11.6. The second-order valence-corrected chi connectivity index (χ2v) is 7.79. The van der Waals surface area contributed by atoms with Gasteiger partial charge in [-0.2, -0.15) is 13.2 Å². The second-order valence-electron chi connectivity index (χ2n) is 7.79. The standard InChI is InChI=1S/C24H17F3N8O.C2H6.3H2/c1-13-4-5-16(34-23(36)14-7-15(10-28-9-14)24(25,26)27)8-18(13)35-21-17(3-2-6-29-21)19-20-22(32-11-30-19)33-12-31-20;1-2;;;/h2-12H,1H3,(H,29,35)(H,34,36)(H,30,31,32,33);1-2H3;3*1H. The number of halogens is 3. The van der Waals surface area contributed by atoms with Gasteiger partial charge in [-0.15, -0.1) is 0 Å². The number of aromatic amines is 1. The van der Waals surface area contributed by atoms with Crippen molar-refractivity contribution in [2.24, 2.45) is 0 Å². The lowest BCUT2D eigenvalue weighted by Gasteiger charge is -2.15. The summed E-state index contributed by atoms with van der Waals surface area (Å²) in [5.74, 6) is -0.217. The molecule has 0 saturated heterocycles. The fraction of sp³-hybridized carbons (Fsp3) is 0.154. The molecule has 1 aromatic carbocycles. The molecule has 0 aliphatic carbocycles. The number of nitrogens with zero attached hydrogens (tertiary/aromatic N) is 5. The first-order chi connectivity index (χ1) is 18.3. The third-order valence-corrected chi connectivity index (χ3v) is 5.36. The highest BCUT2D eigenvalue weighted by atomic mass is 19.4. The van der Waals surface area contributed by atoms with Crippen LogP contribution in [0.3, 0.4) is 0 Å². The number of hydrogen-bond donors (Lipinski definition) is 3. The minimum absolute atomic E-state index is 0.